The zero-order chi connectivity index (χ0) is 20.3. The van der Waals surface area contributed by atoms with Gasteiger partial charge in [-0.15, -0.1) is 0 Å². The first-order valence-corrected chi connectivity index (χ1v) is 10.5. The molecule has 1 N–H and O–H groups in total. The third-order valence-electron chi connectivity index (χ3n) is 5.65. The van der Waals surface area contributed by atoms with E-state index in [4.69, 9.17) is 16.3 Å². The van der Waals surface area contributed by atoms with Crippen molar-refractivity contribution in [3.8, 4) is 0 Å². The number of morpholine rings is 1. The predicted molar refractivity (Wildman–Crippen MR) is 110 cm³/mol. The zero-order valence-electron chi connectivity index (χ0n) is 16.9. The molecule has 2 aliphatic rings. The van der Waals surface area contributed by atoms with Crippen LogP contribution in [0.1, 0.15) is 33.6 Å². The summed E-state index contributed by atoms with van der Waals surface area (Å²) in [6.07, 6.45) is 1.75. The summed E-state index contributed by atoms with van der Waals surface area (Å²) < 4.78 is 5.73. The van der Waals surface area contributed by atoms with Gasteiger partial charge in [-0.2, -0.15) is 0 Å². The monoisotopic (exact) mass is 407 g/mol. The highest BCUT2D eigenvalue weighted by molar-refractivity contribution is 6.30. The molecule has 6 nitrogen and oxygen atoms in total. The molecule has 7 heteroatoms. The second-order valence-electron chi connectivity index (χ2n) is 7.98. The zero-order valence-corrected chi connectivity index (χ0v) is 17.6. The molecule has 2 fully saturated rings. The molecule has 0 bridgehead atoms. The summed E-state index contributed by atoms with van der Waals surface area (Å²) in [4.78, 5) is 29.5. The minimum absolute atomic E-state index is 0.0390. The lowest BCUT2D eigenvalue weighted by molar-refractivity contribution is -0.149. The van der Waals surface area contributed by atoms with E-state index < -0.39 is 0 Å². The van der Waals surface area contributed by atoms with Gasteiger partial charge in [0.05, 0.1) is 18.2 Å². The molecule has 3 rings (SSSR count). The largest absolute Gasteiger partial charge is 0.372 e. The van der Waals surface area contributed by atoms with E-state index in [1.807, 2.05) is 25.7 Å². The Hall–Kier alpha value is -1.63. The number of hydrogen-bond donors (Lipinski definition) is 1. The topological polar surface area (TPSA) is 61.9 Å². The van der Waals surface area contributed by atoms with Gasteiger partial charge in [0.1, 0.15) is 0 Å². The fourth-order valence-electron chi connectivity index (χ4n) is 4.10. The van der Waals surface area contributed by atoms with E-state index in [1.54, 1.807) is 24.3 Å². The van der Waals surface area contributed by atoms with Crippen LogP contribution in [-0.4, -0.2) is 66.0 Å². The first-order chi connectivity index (χ1) is 13.3. The van der Waals surface area contributed by atoms with E-state index in [2.05, 4.69) is 10.2 Å². The van der Waals surface area contributed by atoms with Crippen LogP contribution < -0.4 is 5.32 Å². The van der Waals surface area contributed by atoms with Gasteiger partial charge in [-0.25, -0.2) is 0 Å². The van der Waals surface area contributed by atoms with Crippen molar-refractivity contribution in [3.63, 3.8) is 0 Å². The first-order valence-electron chi connectivity index (χ1n) is 10.1. The second kappa shape index (κ2) is 9.25. The normalized spacial score (nSPS) is 25.4. The van der Waals surface area contributed by atoms with E-state index in [-0.39, 0.29) is 36.0 Å². The van der Waals surface area contributed by atoms with Crippen molar-refractivity contribution in [2.45, 2.75) is 51.9 Å². The second-order valence-corrected chi connectivity index (χ2v) is 8.42. The Labute approximate surface area is 172 Å². The minimum atomic E-state index is -0.241. The molecule has 0 radical (unpaired) electrons. The van der Waals surface area contributed by atoms with Crippen LogP contribution in [0.2, 0.25) is 5.02 Å². The lowest BCUT2D eigenvalue weighted by atomic mass is 9.93. The Morgan fingerprint density at radius 3 is 2.25 bits per heavy atom. The predicted octanol–water partition coefficient (Wildman–Crippen LogP) is 3.01. The minimum Gasteiger partial charge on any atom is -0.372 e. The smallest absolute Gasteiger partial charge is 0.241 e. The Balaban J connectivity index is 1.49. The SMILES string of the molecule is CC1CN(C(=O)C2CCN(C(C)C(=O)Nc3ccc(Cl)cc3)CC2)CC(C)O1. The highest BCUT2D eigenvalue weighted by atomic mass is 35.5. The van der Waals surface area contributed by atoms with Crippen LogP contribution in [0, 0.1) is 5.92 Å². The quantitative estimate of drug-likeness (QED) is 0.833. The van der Waals surface area contributed by atoms with E-state index >= 15 is 0 Å². The molecule has 2 amide bonds. The van der Waals surface area contributed by atoms with Crippen LogP contribution in [0.15, 0.2) is 24.3 Å². The molecule has 1 aromatic carbocycles. The molecule has 0 aromatic heterocycles. The molecule has 0 saturated carbocycles. The number of piperidine rings is 1. The van der Waals surface area contributed by atoms with Crippen LogP contribution in [0.5, 0.6) is 0 Å². The van der Waals surface area contributed by atoms with E-state index in [1.165, 1.54) is 0 Å². The summed E-state index contributed by atoms with van der Waals surface area (Å²) in [6, 6.07) is 6.86. The summed E-state index contributed by atoms with van der Waals surface area (Å²) in [5, 5.41) is 3.57. The van der Waals surface area contributed by atoms with Gasteiger partial charge in [0, 0.05) is 29.7 Å². The van der Waals surface area contributed by atoms with Crippen molar-refractivity contribution < 1.29 is 14.3 Å². The lowest BCUT2D eigenvalue weighted by Crippen LogP contribution is -2.52. The fraction of sp³-hybridized carbons (Fsp3) is 0.619. The summed E-state index contributed by atoms with van der Waals surface area (Å²) in [7, 11) is 0. The average molecular weight is 408 g/mol. The van der Waals surface area contributed by atoms with Crippen molar-refractivity contribution in [3.05, 3.63) is 29.3 Å². The molecule has 0 spiro atoms. The summed E-state index contributed by atoms with van der Waals surface area (Å²) in [6.45, 7) is 8.78. The van der Waals surface area contributed by atoms with Crippen molar-refractivity contribution in [2.24, 2.45) is 5.92 Å². The van der Waals surface area contributed by atoms with Crippen molar-refractivity contribution in [1.82, 2.24) is 9.80 Å². The van der Waals surface area contributed by atoms with Crippen LogP contribution in [0.3, 0.4) is 0 Å². The number of ether oxygens (including phenoxy) is 1. The number of anilines is 1. The highest BCUT2D eigenvalue weighted by Crippen LogP contribution is 2.24. The number of nitrogens with zero attached hydrogens (tertiary/aromatic N) is 2. The number of halogens is 1. The number of rotatable bonds is 4. The Bertz CT molecular complexity index is 679. The van der Waals surface area contributed by atoms with Gasteiger partial charge in [-0.3, -0.25) is 14.5 Å². The summed E-state index contributed by atoms with van der Waals surface area (Å²) in [5.41, 5.74) is 0.738. The molecule has 28 heavy (non-hydrogen) atoms. The van der Waals surface area contributed by atoms with Crippen LogP contribution in [-0.2, 0) is 14.3 Å². The number of carbonyl (C=O) groups is 2. The van der Waals surface area contributed by atoms with E-state index in [0.29, 0.717) is 18.1 Å². The van der Waals surface area contributed by atoms with Crippen molar-refractivity contribution >= 4 is 29.1 Å². The van der Waals surface area contributed by atoms with Gasteiger partial charge in [0.25, 0.3) is 0 Å². The standard InChI is InChI=1S/C21H30ClN3O3/c1-14-12-25(13-15(2)28-14)21(27)17-8-10-24(11-9-17)16(3)20(26)23-19-6-4-18(22)5-7-19/h4-7,14-17H,8-13H2,1-3H3,(H,23,26). The maximum Gasteiger partial charge on any atom is 0.241 e. The Kier molecular flexibility index (Phi) is 6.96. The molecule has 3 unspecified atom stereocenters. The molecular weight excluding hydrogens is 378 g/mol. The molecule has 2 heterocycles. The number of likely N-dealkylation sites (tertiary alicyclic amines) is 1. The third-order valence-corrected chi connectivity index (χ3v) is 5.90. The summed E-state index contributed by atoms with van der Waals surface area (Å²) >= 11 is 5.88. The van der Waals surface area contributed by atoms with Crippen LogP contribution >= 0.6 is 11.6 Å². The Morgan fingerprint density at radius 1 is 1.11 bits per heavy atom. The molecule has 2 aliphatic heterocycles. The molecule has 3 atom stereocenters. The Morgan fingerprint density at radius 2 is 1.68 bits per heavy atom. The number of nitrogens with one attached hydrogen (secondary N) is 1. The van der Waals surface area contributed by atoms with Crippen LogP contribution in [0.25, 0.3) is 0 Å². The molecule has 0 aliphatic carbocycles. The van der Waals surface area contributed by atoms with Gasteiger partial charge in [0.15, 0.2) is 0 Å². The number of carbonyl (C=O) groups excluding carboxylic acids is 2. The number of amides is 2. The van der Waals surface area contributed by atoms with Crippen molar-refractivity contribution in [1.29, 1.82) is 0 Å². The van der Waals surface area contributed by atoms with Gasteiger partial charge < -0.3 is 15.0 Å². The maximum absolute atomic E-state index is 12.9. The average Bonchev–Trinajstić information content (AvgIpc) is 2.68. The maximum atomic E-state index is 12.9. The summed E-state index contributed by atoms with van der Waals surface area (Å²) in [5.74, 6) is 0.239. The van der Waals surface area contributed by atoms with E-state index in [0.717, 1.165) is 31.6 Å². The molecular formula is C21H30ClN3O3. The van der Waals surface area contributed by atoms with E-state index in [9.17, 15) is 9.59 Å². The molecule has 2 saturated heterocycles. The van der Waals surface area contributed by atoms with Gasteiger partial charge in [-0.1, -0.05) is 11.6 Å². The fourth-order valence-corrected chi connectivity index (χ4v) is 4.22. The van der Waals surface area contributed by atoms with Gasteiger partial charge >= 0.3 is 0 Å². The van der Waals surface area contributed by atoms with Gasteiger partial charge in [0.2, 0.25) is 11.8 Å². The number of benzene rings is 1. The first kappa shape index (κ1) is 21.1. The van der Waals surface area contributed by atoms with Gasteiger partial charge in [-0.05, 0) is 71.0 Å². The molecule has 154 valence electrons. The highest BCUT2D eigenvalue weighted by Gasteiger charge is 2.34. The lowest BCUT2D eigenvalue weighted by Gasteiger charge is -2.40. The third kappa shape index (κ3) is 5.25. The van der Waals surface area contributed by atoms with Crippen LogP contribution in [0.4, 0.5) is 5.69 Å². The number of hydrogen-bond acceptors (Lipinski definition) is 4. The molecule has 1 aromatic rings. The van der Waals surface area contributed by atoms with Crippen molar-refractivity contribution in [2.75, 3.05) is 31.5 Å².